The highest BCUT2D eigenvalue weighted by atomic mass is 16.5. The van der Waals surface area contributed by atoms with Gasteiger partial charge >= 0.3 is 0 Å². The summed E-state index contributed by atoms with van der Waals surface area (Å²) in [5, 5.41) is 5.75. The third-order valence-corrected chi connectivity index (χ3v) is 4.21. The van der Waals surface area contributed by atoms with Crippen LogP contribution in [0, 0.1) is 5.92 Å². The fourth-order valence-electron chi connectivity index (χ4n) is 2.85. The van der Waals surface area contributed by atoms with E-state index in [1.807, 2.05) is 24.3 Å². The molecule has 3 rings (SSSR count). The van der Waals surface area contributed by atoms with Crippen molar-refractivity contribution in [1.29, 1.82) is 0 Å². The number of hydrogen-bond acceptors (Lipinski definition) is 3. The van der Waals surface area contributed by atoms with E-state index in [2.05, 4.69) is 10.6 Å². The van der Waals surface area contributed by atoms with Crippen LogP contribution in [0.4, 0.5) is 11.4 Å². The molecule has 1 atom stereocenters. The Balaban J connectivity index is 1.53. The monoisotopic (exact) mass is 324 g/mol. The van der Waals surface area contributed by atoms with Gasteiger partial charge in [0.25, 0.3) is 0 Å². The summed E-state index contributed by atoms with van der Waals surface area (Å²) in [4.78, 5) is 24.2. The van der Waals surface area contributed by atoms with Crippen LogP contribution in [0.2, 0.25) is 0 Å². The fraction of sp³-hybridized carbons (Fsp3) is 0.263. The van der Waals surface area contributed by atoms with Crippen LogP contribution in [0.15, 0.2) is 48.5 Å². The lowest BCUT2D eigenvalue weighted by molar-refractivity contribution is -0.121. The molecule has 2 N–H and O–H groups in total. The minimum Gasteiger partial charge on any atom is -0.497 e. The number of benzene rings is 2. The van der Waals surface area contributed by atoms with Gasteiger partial charge in [-0.3, -0.25) is 9.59 Å². The molecule has 5 nitrogen and oxygen atoms in total. The maximum absolute atomic E-state index is 12.1. The lowest BCUT2D eigenvalue weighted by Crippen LogP contribution is -2.30. The zero-order valence-corrected chi connectivity index (χ0v) is 13.5. The lowest BCUT2D eigenvalue weighted by atomic mass is 9.89. The first-order valence-corrected chi connectivity index (χ1v) is 7.98. The second kappa shape index (κ2) is 7.17. The van der Waals surface area contributed by atoms with Gasteiger partial charge in [-0.15, -0.1) is 0 Å². The molecule has 2 amide bonds. The van der Waals surface area contributed by atoms with Crippen molar-refractivity contribution in [3.8, 4) is 5.75 Å². The Morgan fingerprint density at radius 2 is 1.96 bits per heavy atom. The first kappa shape index (κ1) is 16.1. The molecule has 0 saturated heterocycles. The number of carbonyl (C=O) groups excluding carboxylic acids is 2. The minimum absolute atomic E-state index is 0.00838. The number of para-hydroxylation sites is 1. The number of hydrogen-bond donors (Lipinski definition) is 2. The van der Waals surface area contributed by atoms with Crippen LogP contribution in [0.3, 0.4) is 0 Å². The molecule has 0 saturated carbocycles. The summed E-state index contributed by atoms with van der Waals surface area (Å²) in [6, 6.07) is 15.0. The summed E-state index contributed by atoms with van der Waals surface area (Å²) < 4.78 is 5.08. The summed E-state index contributed by atoms with van der Waals surface area (Å²) >= 11 is 0. The van der Waals surface area contributed by atoms with E-state index in [0.717, 1.165) is 22.7 Å². The molecular weight excluding hydrogens is 304 g/mol. The molecule has 1 heterocycles. The van der Waals surface area contributed by atoms with Gasteiger partial charge in [-0.25, -0.2) is 0 Å². The summed E-state index contributed by atoms with van der Waals surface area (Å²) in [5.41, 5.74) is 2.72. The maximum Gasteiger partial charge on any atom is 0.227 e. The van der Waals surface area contributed by atoms with Crippen LogP contribution in [0.5, 0.6) is 5.75 Å². The van der Waals surface area contributed by atoms with E-state index in [0.29, 0.717) is 19.3 Å². The summed E-state index contributed by atoms with van der Waals surface area (Å²) in [6.07, 6.45) is 1.52. The minimum atomic E-state index is -0.165. The second-order valence-electron chi connectivity index (χ2n) is 5.86. The number of carbonyl (C=O) groups is 2. The number of amides is 2. The normalized spacial score (nSPS) is 16.0. The molecule has 1 unspecified atom stereocenters. The topological polar surface area (TPSA) is 67.4 Å². The highest BCUT2D eigenvalue weighted by molar-refractivity contribution is 5.96. The van der Waals surface area contributed by atoms with Crippen molar-refractivity contribution in [2.75, 3.05) is 17.7 Å². The molecular formula is C19H20N2O3. The number of anilines is 2. The first-order valence-electron chi connectivity index (χ1n) is 7.98. The number of rotatable bonds is 5. The number of fused-ring (bicyclic) bond motifs is 1. The molecule has 0 fully saturated rings. The van der Waals surface area contributed by atoms with Crippen molar-refractivity contribution < 1.29 is 14.3 Å². The van der Waals surface area contributed by atoms with E-state index in [9.17, 15) is 9.59 Å². The standard InChI is InChI=1S/C19H20N2O3/c1-24-16-9-7-15(8-10-16)20-18(22)11-6-14-12-13-4-2-3-5-17(13)21-19(14)23/h2-5,7-10,14H,6,11-12H2,1H3,(H,20,22)(H,21,23). The predicted molar refractivity (Wildman–Crippen MR) is 93.1 cm³/mol. The molecule has 124 valence electrons. The van der Waals surface area contributed by atoms with E-state index >= 15 is 0 Å². The van der Waals surface area contributed by atoms with Gasteiger partial charge in [0.15, 0.2) is 0 Å². The summed E-state index contributed by atoms with van der Waals surface area (Å²) in [5.74, 6) is 0.477. The van der Waals surface area contributed by atoms with Crippen LogP contribution in [-0.4, -0.2) is 18.9 Å². The Kier molecular flexibility index (Phi) is 4.79. The molecule has 2 aromatic carbocycles. The van der Waals surface area contributed by atoms with E-state index in [1.165, 1.54) is 0 Å². The van der Waals surface area contributed by atoms with Gasteiger partial charge in [-0.2, -0.15) is 0 Å². The Hall–Kier alpha value is -2.82. The summed E-state index contributed by atoms with van der Waals surface area (Å²) in [7, 11) is 1.60. The van der Waals surface area contributed by atoms with E-state index < -0.39 is 0 Å². The van der Waals surface area contributed by atoms with Crippen molar-refractivity contribution in [2.45, 2.75) is 19.3 Å². The average Bonchev–Trinajstić information content (AvgIpc) is 2.60. The Labute approximate surface area is 141 Å². The smallest absolute Gasteiger partial charge is 0.227 e. The molecule has 5 heteroatoms. The number of ether oxygens (including phenoxy) is 1. The fourth-order valence-corrected chi connectivity index (χ4v) is 2.85. The van der Waals surface area contributed by atoms with E-state index in [-0.39, 0.29) is 17.7 Å². The quantitative estimate of drug-likeness (QED) is 0.887. The van der Waals surface area contributed by atoms with Gasteiger partial charge in [0.1, 0.15) is 5.75 Å². The molecule has 24 heavy (non-hydrogen) atoms. The van der Waals surface area contributed by atoms with Crippen molar-refractivity contribution in [1.82, 2.24) is 0 Å². The van der Waals surface area contributed by atoms with Crippen molar-refractivity contribution >= 4 is 23.2 Å². The molecule has 0 aromatic heterocycles. The van der Waals surface area contributed by atoms with Gasteiger partial charge in [0.2, 0.25) is 11.8 Å². The van der Waals surface area contributed by atoms with Crippen LogP contribution >= 0.6 is 0 Å². The number of methoxy groups -OCH3 is 1. The zero-order chi connectivity index (χ0) is 16.9. The van der Waals surface area contributed by atoms with Gasteiger partial charge in [-0.05, 0) is 48.7 Å². The molecule has 1 aliphatic heterocycles. The Morgan fingerprint density at radius 3 is 2.71 bits per heavy atom. The van der Waals surface area contributed by atoms with E-state index in [1.54, 1.807) is 31.4 Å². The van der Waals surface area contributed by atoms with Crippen molar-refractivity contribution in [3.05, 3.63) is 54.1 Å². The maximum atomic E-state index is 12.1. The highest BCUT2D eigenvalue weighted by Gasteiger charge is 2.26. The van der Waals surface area contributed by atoms with Gasteiger partial charge in [-0.1, -0.05) is 18.2 Å². The summed E-state index contributed by atoms with van der Waals surface area (Å²) in [6.45, 7) is 0. The SMILES string of the molecule is COc1ccc(NC(=O)CCC2Cc3ccccc3NC2=O)cc1. The molecule has 1 aliphatic rings. The van der Waals surface area contributed by atoms with Gasteiger partial charge < -0.3 is 15.4 Å². The predicted octanol–water partition coefficient (Wildman–Crippen LogP) is 3.22. The highest BCUT2D eigenvalue weighted by Crippen LogP contribution is 2.27. The Morgan fingerprint density at radius 1 is 1.21 bits per heavy atom. The van der Waals surface area contributed by atoms with Gasteiger partial charge in [0.05, 0.1) is 7.11 Å². The first-order chi connectivity index (χ1) is 11.7. The Bertz CT molecular complexity index is 741. The molecule has 0 aliphatic carbocycles. The average molecular weight is 324 g/mol. The van der Waals surface area contributed by atoms with Crippen LogP contribution in [-0.2, 0) is 16.0 Å². The van der Waals surface area contributed by atoms with Crippen LogP contribution < -0.4 is 15.4 Å². The third kappa shape index (κ3) is 3.74. The van der Waals surface area contributed by atoms with Crippen LogP contribution in [0.1, 0.15) is 18.4 Å². The van der Waals surface area contributed by atoms with Crippen LogP contribution in [0.25, 0.3) is 0 Å². The molecule has 0 radical (unpaired) electrons. The molecule has 2 aromatic rings. The largest absolute Gasteiger partial charge is 0.497 e. The molecule has 0 spiro atoms. The third-order valence-electron chi connectivity index (χ3n) is 4.21. The molecule has 0 bridgehead atoms. The second-order valence-corrected chi connectivity index (χ2v) is 5.86. The van der Waals surface area contributed by atoms with Crippen molar-refractivity contribution in [2.24, 2.45) is 5.92 Å². The number of nitrogens with one attached hydrogen (secondary N) is 2. The van der Waals surface area contributed by atoms with Crippen molar-refractivity contribution in [3.63, 3.8) is 0 Å². The zero-order valence-electron chi connectivity index (χ0n) is 13.5. The van der Waals surface area contributed by atoms with Gasteiger partial charge in [0, 0.05) is 23.7 Å². The van der Waals surface area contributed by atoms with E-state index in [4.69, 9.17) is 4.74 Å². The lowest BCUT2D eigenvalue weighted by Gasteiger charge is -2.24.